The molecule has 3 rings (SSSR count). The summed E-state index contributed by atoms with van der Waals surface area (Å²) >= 11 is 6.07. The summed E-state index contributed by atoms with van der Waals surface area (Å²) in [5.74, 6) is -0.240. The molecule has 1 saturated heterocycles. The Bertz CT molecular complexity index is 1060. The Morgan fingerprint density at radius 3 is 2.57 bits per heavy atom. The van der Waals surface area contributed by atoms with Gasteiger partial charge in [0.1, 0.15) is 5.54 Å². The average molecular weight is 496 g/mol. The van der Waals surface area contributed by atoms with Gasteiger partial charge in [0, 0.05) is 23.5 Å². The molecule has 1 aliphatic heterocycles. The topological polar surface area (TPSA) is 82.4 Å². The Kier molecular flexibility index (Phi) is 9.17. The van der Waals surface area contributed by atoms with Gasteiger partial charge >= 0.3 is 6.09 Å². The largest absolute Gasteiger partial charge is 0.449 e. The second-order valence-electron chi connectivity index (χ2n) is 9.19. The molecule has 1 N–H and O–H groups in total. The summed E-state index contributed by atoms with van der Waals surface area (Å²) in [6.07, 6.45) is 3.10. The molecule has 0 radical (unpaired) electrons. The molecule has 0 saturated carbocycles. The highest BCUT2D eigenvalue weighted by Crippen LogP contribution is 2.36. The van der Waals surface area contributed by atoms with Crippen LogP contribution in [0.4, 0.5) is 4.79 Å². The maximum atomic E-state index is 13.6. The first-order valence-corrected chi connectivity index (χ1v) is 12.7. The van der Waals surface area contributed by atoms with Gasteiger partial charge in [0.2, 0.25) is 5.91 Å². The number of benzene rings is 2. The van der Waals surface area contributed by atoms with Crippen LogP contribution in [0.25, 0.3) is 0 Å². The highest BCUT2D eigenvalue weighted by Gasteiger charge is 2.53. The van der Waals surface area contributed by atoms with Crippen LogP contribution >= 0.6 is 11.6 Å². The number of amides is 2. The third kappa shape index (κ3) is 6.15. The first-order valence-electron chi connectivity index (χ1n) is 12.3. The number of rotatable bonds is 10. The standard InChI is InChI=1S/C28H34ClN3O3/c1-4-6-16-35-27(34)32-15-14-28(32,5-2)26(33)31-20(3)25(18-21-10-12-24(29)13-11-21)23-9-7-8-22(17-23)19-30/h7-13,17,20,25H,4-6,14-16,18H2,1-3H3,(H,31,33). The number of carbonyl (C=O) groups is 2. The van der Waals surface area contributed by atoms with E-state index in [0.29, 0.717) is 43.0 Å². The summed E-state index contributed by atoms with van der Waals surface area (Å²) in [6.45, 7) is 6.82. The third-order valence-corrected chi connectivity index (χ3v) is 7.24. The highest BCUT2D eigenvalue weighted by atomic mass is 35.5. The molecule has 3 unspecified atom stereocenters. The first kappa shape index (κ1) is 26.6. The zero-order chi connectivity index (χ0) is 25.4. The molecular formula is C28H34ClN3O3. The van der Waals surface area contributed by atoms with Crippen molar-refractivity contribution in [2.75, 3.05) is 13.2 Å². The van der Waals surface area contributed by atoms with E-state index in [0.717, 1.165) is 24.0 Å². The zero-order valence-corrected chi connectivity index (χ0v) is 21.5. The summed E-state index contributed by atoms with van der Waals surface area (Å²) in [5.41, 5.74) is 1.74. The molecule has 35 heavy (non-hydrogen) atoms. The summed E-state index contributed by atoms with van der Waals surface area (Å²) < 4.78 is 5.40. The lowest BCUT2D eigenvalue weighted by molar-refractivity contribution is -0.141. The van der Waals surface area contributed by atoms with Crippen LogP contribution in [0.2, 0.25) is 5.02 Å². The van der Waals surface area contributed by atoms with E-state index < -0.39 is 11.6 Å². The van der Waals surface area contributed by atoms with E-state index >= 15 is 0 Å². The van der Waals surface area contributed by atoms with Crippen molar-refractivity contribution in [1.82, 2.24) is 10.2 Å². The van der Waals surface area contributed by atoms with Crippen LogP contribution in [0.5, 0.6) is 0 Å². The van der Waals surface area contributed by atoms with Crippen molar-refractivity contribution < 1.29 is 14.3 Å². The number of likely N-dealkylation sites (tertiary alicyclic amines) is 1. The van der Waals surface area contributed by atoms with Gasteiger partial charge < -0.3 is 10.1 Å². The third-order valence-electron chi connectivity index (χ3n) is 6.99. The van der Waals surface area contributed by atoms with Gasteiger partial charge in [-0.1, -0.05) is 56.1 Å². The van der Waals surface area contributed by atoms with Gasteiger partial charge in [0.15, 0.2) is 0 Å². The Morgan fingerprint density at radius 2 is 1.97 bits per heavy atom. The minimum Gasteiger partial charge on any atom is -0.449 e. The Morgan fingerprint density at radius 1 is 1.23 bits per heavy atom. The molecule has 3 atom stereocenters. The molecule has 1 heterocycles. The summed E-state index contributed by atoms with van der Waals surface area (Å²) in [6, 6.07) is 17.1. The minimum absolute atomic E-state index is 0.0765. The first-order chi connectivity index (χ1) is 16.8. The number of nitriles is 1. The van der Waals surface area contributed by atoms with E-state index in [1.165, 1.54) is 0 Å². The minimum atomic E-state index is -0.892. The van der Waals surface area contributed by atoms with Crippen molar-refractivity contribution in [2.24, 2.45) is 0 Å². The lowest BCUT2D eigenvalue weighted by Gasteiger charge is -2.50. The monoisotopic (exact) mass is 495 g/mol. The van der Waals surface area contributed by atoms with Crippen LogP contribution in [0.3, 0.4) is 0 Å². The fourth-order valence-electron chi connectivity index (χ4n) is 4.64. The second kappa shape index (κ2) is 12.1. The van der Waals surface area contributed by atoms with Gasteiger partial charge in [-0.15, -0.1) is 0 Å². The van der Waals surface area contributed by atoms with E-state index in [-0.39, 0.29) is 17.9 Å². The molecule has 7 heteroatoms. The van der Waals surface area contributed by atoms with Gasteiger partial charge in [-0.25, -0.2) is 4.79 Å². The quantitative estimate of drug-likeness (QED) is 0.420. The van der Waals surface area contributed by atoms with Crippen molar-refractivity contribution in [3.63, 3.8) is 0 Å². The number of ether oxygens (including phenoxy) is 1. The fraction of sp³-hybridized carbons (Fsp3) is 0.464. The van der Waals surface area contributed by atoms with E-state index in [1.807, 2.05) is 63.2 Å². The fourth-order valence-corrected chi connectivity index (χ4v) is 4.77. The maximum Gasteiger partial charge on any atom is 0.410 e. The molecule has 2 aromatic rings. The predicted molar refractivity (Wildman–Crippen MR) is 137 cm³/mol. The zero-order valence-electron chi connectivity index (χ0n) is 20.7. The van der Waals surface area contributed by atoms with Crippen molar-refractivity contribution in [3.8, 4) is 6.07 Å². The van der Waals surface area contributed by atoms with Crippen LogP contribution in [0.1, 0.15) is 69.1 Å². The molecule has 186 valence electrons. The molecule has 1 aliphatic rings. The molecular weight excluding hydrogens is 462 g/mol. The molecule has 2 amide bonds. The van der Waals surface area contributed by atoms with E-state index in [4.69, 9.17) is 16.3 Å². The van der Waals surface area contributed by atoms with Crippen LogP contribution in [-0.4, -0.2) is 41.6 Å². The van der Waals surface area contributed by atoms with Crippen molar-refractivity contribution >= 4 is 23.6 Å². The van der Waals surface area contributed by atoms with Crippen LogP contribution in [-0.2, 0) is 16.0 Å². The van der Waals surface area contributed by atoms with Gasteiger partial charge in [-0.05, 0) is 68.0 Å². The highest BCUT2D eigenvalue weighted by molar-refractivity contribution is 6.30. The normalized spacial score (nSPS) is 18.7. The van der Waals surface area contributed by atoms with Crippen molar-refractivity contribution in [2.45, 2.75) is 70.4 Å². The second-order valence-corrected chi connectivity index (χ2v) is 9.63. The van der Waals surface area contributed by atoms with Gasteiger partial charge in [-0.3, -0.25) is 9.69 Å². The summed E-state index contributed by atoms with van der Waals surface area (Å²) in [7, 11) is 0. The number of nitrogens with one attached hydrogen (secondary N) is 1. The number of unbranched alkanes of at least 4 members (excludes halogenated alkanes) is 1. The Balaban J connectivity index is 1.80. The SMILES string of the molecule is CCCCOC(=O)N1CCC1(CC)C(=O)NC(C)C(Cc1ccc(Cl)cc1)c1cccc(C#N)c1. The molecule has 0 aliphatic carbocycles. The maximum absolute atomic E-state index is 13.6. The molecule has 0 aromatic heterocycles. The lowest BCUT2D eigenvalue weighted by atomic mass is 9.80. The molecule has 2 aromatic carbocycles. The number of hydrogen-bond acceptors (Lipinski definition) is 4. The molecule has 0 bridgehead atoms. The van der Waals surface area contributed by atoms with Crippen LogP contribution < -0.4 is 5.32 Å². The average Bonchev–Trinajstić information content (AvgIpc) is 2.83. The summed E-state index contributed by atoms with van der Waals surface area (Å²) in [4.78, 5) is 27.8. The molecule has 1 fully saturated rings. The van der Waals surface area contributed by atoms with Crippen molar-refractivity contribution in [3.05, 3.63) is 70.2 Å². The molecule has 0 spiro atoms. The smallest absolute Gasteiger partial charge is 0.410 e. The van der Waals surface area contributed by atoms with Gasteiger partial charge in [0.25, 0.3) is 0 Å². The number of carbonyl (C=O) groups excluding carboxylic acids is 2. The predicted octanol–water partition coefficient (Wildman–Crippen LogP) is 5.83. The van der Waals surface area contributed by atoms with Crippen molar-refractivity contribution in [1.29, 1.82) is 5.26 Å². The van der Waals surface area contributed by atoms with Gasteiger partial charge in [0.05, 0.1) is 18.2 Å². The summed E-state index contributed by atoms with van der Waals surface area (Å²) in [5, 5.41) is 13.3. The van der Waals surface area contributed by atoms with E-state index in [9.17, 15) is 14.9 Å². The van der Waals surface area contributed by atoms with Crippen LogP contribution in [0, 0.1) is 11.3 Å². The number of halogens is 1. The molecule has 6 nitrogen and oxygen atoms in total. The Labute approximate surface area is 213 Å². The Hall–Kier alpha value is -3.04. The van der Waals surface area contributed by atoms with E-state index in [1.54, 1.807) is 11.0 Å². The van der Waals surface area contributed by atoms with Gasteiger partial charge in [-0.2, -0.15) is 5.26 Å². The van der Waals surface area contributed by atoms with E-state index in [2.05, 4.69) is 11.4 Å². The number of nitrogens with zero attached hydrogens (tertiary/aromatic N) is 2. The number of hydrogen-bond donors (Lipinski definition) is 1. The lowest BCUT2D eigenvalue weighted by Crippen LogP contribution is -2.69. The van der Waals surface area contributed by atoms with Crippen LogP contribution in [0.15, 0.2) is 48.5 Å².